The summed E-state index contributed by atoms with van der Waals surface area (Å²) in [6, 6.07) is 15.1. The molecule has 1 aliphatic heterocycles. The number of ketones is 1. The SMILES string of the molecule is COc1cccc(C2/C(=C(\O)c3c(OC)cccc3OC)C(=O)C(=O)N2Cc2cccs2)c1. The number of carbonyl (C=O) groups excluding carboxylic acids is 2. The molecule has 33 heavy (non-hydrogen) atoms. The first kappa shape index (κ1) is 22.4. The highest BCUT2D eigenvalue weighted by Gasteiger charge is 2.46. The van der Waals surface area contributed by atoms with Crippen LogP contribution >= 0.6 is 11.3 Å². The van der Waals surface area contributed by atoms with Crippen molar-refractivity contribution >= 4 is 28.8 Å². The van der Waals surface area contributed by atoms with Crippen LogP contribution in [0, 0.1) is 0 Å². The van der Waals surface area contributed by atoms with Crippen LogP contribution in [0.3, 0.4) is 0 Å². The Morgan fingerprint density at radius 2 is 1.67 bits per heavy atom. The van der Waals surface area contributed by atoms with E-state index in [1.807, 2.05) is 17.5 Å². The van der Waals surface area contributed by atoms with Gasteiger partial charge in [0.25, 0.3) is 11.7 Å². The largest absolute Gasteiger partial charge is 0.506 e. The van der Waals surface area contributed by atoms with E-state index in [4.69, 9.17) is 14.2 Å². The normalized spacial score (nSPS) is 17.3. The lowest BCUT2D eigenvalue weighted by Crippen LogP contribution is -2.28. The molecule has 1 aliphatic rings. The number of likely N-dealkylation sites (tertiary alicyclic amines) is 1. The quantitative estimate of drug-likeness (QED) is 0.316. The first-order chi connectivity index (χ1) is 16.0. The third-order valence-electron chi connectivity index (χ3n) is 5.52. The fourth-order valence-electron chi connectivity index (χ4n) is 3.99. The summed E-state index contributed by atoms with van der Waals surface area (Å²) < 4.78 is 16.2. The fraction of sp³-hybridized carbons (Fsp3) is 0.200. The minimum atomic E-state index is -0.822. The van der Waals surface area contributed by atoms with E-state index in [1.165, 1.54) is 30.5 Å². The molecular weight excluding hydrogens is 442 g/mol. The maximum Gasteiger partial charge on any atom is 0.295 e. The van der Waals surface area contributed by atoms with Gasteiger partial charge >= 0.3 is 0 Å². The zero-order valence-corrected chi connectivity index (χ0v) is 19.2. The van der Waals surface area contributed by atoms with E-state index in [0.717, 1.165) is 4.88 Å². The maximum atomic E-state index is 13.3. The summed E-state index contributed by atoms with van der Waals surface area (Å²) >= 11 is 1.49. The van der Waals surface area contributed by atoms with E-state index in [-0.39, 0.29) is 23.4 Å². The van der Waals surface area contributed by atoms with Crippen LogP contribution in [0.1, 0.15) is 22.0 Å². The third kappa shape index (κ3) is 4.05. The topological polar surface area (TPSA) is 85.3 Å². The van der Waals surface area contributed by atoms with Crippen LogP contribution in [-0.4, -0.2) is 43.0 Å². The molecule has 0 aliphatic carbocycles. The Morgan fingerprint density at radius 1 is 0.970 bits per heavy atom. The van der Waals surface area contributed by atoms with Crippen molar-refractivity contribution in [3.8, 4) is 17.2 Å². The number of thiophene rings is 1. The smallest absolute Gasteiger partial charge is 0.295 e. The lowest BCUT2D eigenvalue weighted by Gasteiger charge is -2.25. The predicted octanol–water partition coefficient (Wildman–Crippen LogP) is 4.40. The van der Waals surface area contributed by atoms with Crippen LogP contribution in [-0.2, 0) is 16.1 Å². The zero-order chi connectivity index (χ0) is 23.5. The Hall–Kier alpha value is -3.78. The minimum Gasteiger partial charge on any atom is -0.506 e. The van der Waals surface area contributed by atoms with Crippen molar-refractivity contribution in [1.29, 1.82) is 0 Å². The maximum absolute atomic E-state index is 13.3. The molecule has 7 nitrogen and oxygen atoms in total. The van der Waals surface area contributed by atoms with Gasteiger partial charge in [-0.15, -0.1) is 11.3 Å². The highest BCUT2D eigenvalue weighted by molar-refractivity contribution is 7.09. The molecule has 3 aromatic rings. The molecule has 1 atom stereocenters. The summed E-state index contributed by atoms with van der Waals surface area (Å²) in [4.78, 5) is 28.8. The van der Waals surface area contributed by atoms with Crippen LogP contribution in [0.4, 0.5) is 0 Å². The Kier molecular flexibility index (Phi) is 6.37. The molecule has 0 radical (unpaired) electrons. The van der Waals surface area contributed by atoms with Crippen LogP contribution < -0.4 is 14.2 Å². The van der Waals surface area contributed by atoms with Gasteiger partial charge in [0, 0.05) is 4.88 Å². The molecule has 1 N–H and O–H groups in total. The molecule has 1 saturated heterocycles. The minimum absolute atomic E-state index is 0.0346. The second-order valence-corrected chi connectivity index (χ2v) is 8.35. The number of benzene rings is 2. The van der Waals surface area contributed by atoms with Crippen molar-refractivity contribution < 1.29 is 28.9 Å². The molecule has 170 valence electrons. The molecule has 1 amide bonds. The molecule has 2 heterocycles. The van der Waals surface area contributed by atoms with E-state index < -0.39 is 17.7 Å². The first-order valence-electron chi connectivity index (χ1n) is 10.2. The molecule has 1 aromatic heterocycles. The number of nitrogens with zero attached hydrogens (tertiary/aromatic N) is 1. The van der Waals surface area contributed by atoms with Crippen LogP contribution in [0.5, 0.6) is 17.2 Å². The third-order valence-corrected chi connectivity index (χ3v) is 6.38. The lowest BCUT2D eigenvalue weighted by atomic mass is 9.94. The fourth-order valence-corrected chi connectivity index (χ4v) is 4.69. The van der Waals surface area contributed by atoms with E-state index in [1.54, 1.807) is 49.6 Å². The van der Waals surface area contributed by atoms with Gasteiger partial charge < -0.3 is 24.2 Å². The predicted molar refractivity (Wildman–Crippen MR) is 125 cm³/mol. The van der Waals surface area contributed by atoms with Crippen LogP contribution in [0.15, 0.2) is 65.6 Å². The zero-order valence-electron chi connectivity index (χ0n) is 18.4. The molecule has 2 aromatic carbocycles. The summed E-state index contributed by atoms with van der Waals surface area (Å²) in [7, 11) is 4.46. The number of methoxy groups -OCH3 is 3. The number of hydrogen-bond acceptors (Lipinski definition) is 7. The van der Waals surface area contributed by atoms with Crippen molar-refractivity contribution in [1.82, 2.24) is 4.90 Å². The van der Waals surface area contributed by atoms with Gasteiger partial charge in [0.05, 0.1) is 39.5 Å². The van der Waals surface area contributed by atoms with Crippen molar-refractivity contribution in [2.24, 2.45) is 0 Å². The number of rotatable bonds is 7. The first-order valence-corrected chi connectivity index (χ1v) is 11.0. The molecule has 4 rings (SSSR count). The van der Waals surface area contributed by atoms with E-state index in [2.05, 4.69) is 0 Å². The standard InChI is InChI=1S/C25H23NO6S/c1-30-16-8-4-7-15(13-16)22-21(23(27)20-18(31-2)10-5-11-19(20)32-3)24(28)25(29)26(22)14-17-9-6-12-33-17/h4-13,22,27H,14H2,1-3H3/b23-21+. The van der Waals surface area contributed by atoms with E-state index in [9.17, 15) is 14.7 Å². The number of ether oxygens (including phenoxy) is 3. The molecule has 0 bridgehead atoms. The van der Waals surface area contributed by atoms with Gasteiger partial charge in [0.15, 0.2) is 0 Å². The van der Waals surface area contributed by atoms with Crippen LogP contribution in [0.25, 0.3) is 5.76 Å². The highest BCUT2D eigenvalue weighted by Crippen LogP contribution is 2.44. The van der Waals surface area contributed by atoms with Gasteiger partial charge in [-0.05, 0) is 41.3 Å². The average Bonchev–Trinajstić information content (AvgIpc) is 3.45. The van der Waals surface area contributed by atoms with Crippen molar-refractivity contribution in [2.45, 2.75) is 12.6 Å². The second kappa shape index (κ2) is 9.38. The van der Waals surface area contributed by atoms with Crippen LogP contribution in [0.2, 0.25) is 0 Å². The van der Waals surface area contributed by atoms with E-state index >= 15 is 0 Å². The van der Waals surface area contributed by atoms with Gasteiger partial charge in [-0.1, -0.05) is 24.3 Å². The highest BCUT2D eigenvalue weighted by atomic mass is 32.1. The Morgan fingerprint density at radius 3 is 2.27 bits per heavy atom. The molecule has 0 spiro atoms. The number of Topliss-reactive ketones (excluding diaryl/α,β-unsaturated/α-hetero) is 1. The summed E-state index contributed by atoms with van der Waals surface area (Å²) in [6.07, 6.45) is 0. The summed E-state index contributed by atoms with van der Waals surface area (Å²) in [5.74, 6) is -0.605. The van der Waals surface area contributed by atoms with Crippen molar-refractivity contribution in [3.05, 3.63) is 81.6 Å². The van der Waals surface area contributed by atoms with Gasteiger partial charge in [-0.2, -0.15) is 0 Å². The van der Waals surface area contributed by atoms with Gasteiger partial charge in [-0.3, -0.25) is 9.59 Å². The Labute approximate surface area is 195 Å². The summed E-state index contributed by atoms with van der Waals surface area (Å²) in [6.45, 7) is 0.226. The Balaban J connectivity index is 1.95. The number of aliphatic hydroxyl groups excluding tert-OH is 1. The molecule has 0 saturated carbocycles. The molecule has 1 fully saturated rings. The van der Waals surface area contributed by atoms with Gasteiger partial charge in [0.1, 0.15) is 28.6 Å². The summed E-state index contributed by atoms with van der Waals surface area (Å²) in [5.41, 5.74) is 0.817. The summed E-state index contributed by atoms with van der Waals surface area (Å²) in [5, 5.41) is 13.3. The average molecular weight is 466 g/mol. The molecule has 1 unspecified atom stereocenters. The number of carbonyl (C=O) groups is 2. The number of amides is 1. The molecular formula is C25H23NO6S. The lowest BCUT2D eigenvalue weighted by molar-refractivity contribution is -0.140. The van der Waals surface area contributed by atoms with Gasteiger partial charge in [-0.25, -0.2) is 0 Å². The molecule has 8 heteroatoms. The number of aliphatic hydroxyl groups is 1. The second-order valence-electron chi connectivity index (χ2n) is 7.32. The Bertz CT molecular complexity index is 1200. The van der Waals surface area contributed by atoms with Crippen molar-refractivity contribution in [2.75, 3.05) is 21.3 Å². The van der Waals surface area contributed by atoms with E-state index in [0.29, 0.717) is 22.8 Å². The van der Waals surface area contributed by atoms with Gasteiger partial charge in [0.2, 0.25) is 0 Å². The monoisotopic (exact) mass is 465 g/mol. The number of hydrogen-bond donors (Lipinski definition) is 1. The van der Waals surface area contributed by atoms with Crippen molar-refractivity contribution in [3.63, 3.8) is 0 Å².